The van der Waals surface area contributed by atoms with Gasteiger partial charge in [-0.15, -0.1) is 0 Å². The Kier molecular flexibility index (Phi) is 4.37. The quantitative estimate of drug-likeness (QED) is 0.795. The SMILES string of the molecule is O=C1CC(CS(=O)(=O)Cl)CN1c1ccc(-c2ccccc2)nc1. The van der Waals surface area contributed by atoms with Gasteiger partial charge in [0.1, 0.15) is 0 Å². The van der Waals surface area contributed by atoms with Crippen LogP contribution < -0.4 is 4.90 Å². The summed E-state index contributed by atoms with van der Waals surface area (Å²) in [5, 5.41) is 0. The van der Waals surface area contributed by atoms with Crippen LogP contribution in [0.15, 0.2) is 48.7 Å². The molecule has 2 aromatic rings. The van der Waals surface area contributed by atoms with Crippen LogP contribution in [0.4, 0.5) is 5.69 Å². The fourth-order valence-corrected chi connectivity index (χ4v) is 4.07. The Hall–Kier alpha value is -1.92. The van der Waals surface area contributed by atoms with Gasteiger partial charge in [0.15, 0.2) is 0 Å². The summed E-state index contributed by atoms with van der Waals surface area (Å²) in [6.45, 7) is 0.344. The smallest absolute Gasteiger partial charge is 0.232 e. The standard InChI is InChI=1S/C16H15ClN2O3S/c17-23(21,22)11-12-8-16(20)19(10-12)14-6-7-15(18-9-14)13-4-2-1-3-5-13/h1-7,9,12H,8,10-11H2. The lowest BCUT2D eigenvalue weighted by Crippen LogP contribution is -2.25. The number of aromatic nitrogens is 1. The lowest BCUT2D eigenvalue weighted by molar-refractivity contribution is -0.117. The second-order valence-corrected chi connectivity index (χ2v) is 8.37. The van der Waals surface area contributed by atoms with Crippen molar-refractivity contribution >= 4 is 31.3 Å². The molecule has 1 saturated heterocycles. The van der Waals surface area contributed by atoms with Crippen molar-refractivity contribution in [2.24, 2.45) is 5.92 Å². The molecule has 2 heterocycles. The molecule has 1 atom stereocenters. The molecule has 3 rings (SSSR count). The highest BCUT2D eigenvalue weighted by molar-refractivity contribution is 8.13. The van der Waals surface area contributed by atoms with E-state index in [4.69, 9.17) is 10.7 Å². The van der Waals surface area contributed by atoms with Crippen LogP contribution in [-0.2, 0) is 13.8 Å². The molecule has 1 aromatic carbocycles. The number of amides is 1. The first kappa shape index (κ1) is 16.0. The molecule has 1 aliphatic heterocycles. The molecule has 0 radical (unpaired) electrons. The van der Waals surface area contributed by atoms with Crippen LogP contribution in [0, 0.1) is 5.92 Å². The third-order valence-electron chi connectivity index (χ3n) is 3.77. The Balaban J connectivity index is 1.76. The molecule has 0 saturated carbocycles. The average Bonchev–Trinajstić information content (AvgIpc) is 2.87. The molecule has 0 bridgehead atoms. The van der Waals surface area contributed by atoms with E-state index in [9.17, 15) is 13.2 Å². The van der Waals surface area contributed by atoms with E-state index in [1.807, 2.05) is 42.5 Å². The monoisotopic (exact) mass is 350 g/mol. The first-order valence-corrected chi connectivity index (χ1v) is 9.64. The summed E-state index contributed by atoms with van der Waals surface area (Å²) in [5.41, 5.74) is 2.49. The van der Waals surface area contributed by atoms with Crippen LogP contribution in [0.1, 0.15) is 6.42 Å². The third kappa shape index (κ3) is 3.89. The van der Waals surface area contributed by atoms with Gasteiger partial charge in [0.05, 0.1) is 23.3 Å². The van der Waals surface area contributed by atoms with Crippen molar-refractivity contribution in [1.29, 1.82) is 0 Å². The van der Waals surface area contributed by atoms with E-state index in [-0.39, 0.29) is 24.0 Å². The van der Waals surface area contributed by atoms with Gasteiger partial charge in [-0.1, -0.05) is 30.3 Å². The van der Waals surface area contributed by atoms with Crippen LogP contribution in [0.3, 0.4) is 0 Å². The van der Waals surface area contributed by atoms with Gasteiger partial charge in [-0.3, -0.25) is 9.78 Å². The van der Waals surface area contributed by atoms with Crippen molar-refractivity contribution < 1.29 is 13.2 Å². The number of hydrogen-bond donors (Lipinski definition) is 0. The zero-order valence-electron chi connectivity index (χ0n) is 12.2. The van der Waals surface area contributed by atoms with Gasteiger partial charge in [0, 0.05) is 35.1 Å². The lowest BCUT2D eigenvalue weighted by Gasteiger charge is -2.16. The van der Waals surface area contributed by atoms with Crippen molar-refractivity contribution in [1.82, 2.24) is 4.98 Å². The molecule has 23 heavy (non-hydrogen) atoms. The summed E-state index contributed by atoms with van der Waals surface area (Å²) in [6.07, 6.45) is 1.82. The Morgan fingerprint density at radius 1 is 1.17 bits per heavy atom. The van der Waals surface area contributed by atoms with E-state index in [0.717, 1.165) is 11.3 Å². The summed E-state index contributed by atoms with van der Waals surface area (Å²) < 4.78 is 22.3. The number of benzene rings is 1. The van der Waals surface area contributed by atoms with Gasteiger partial charge in [0.2, 0.25) is 15.0 Å². The summed E-state index contributed by atoms with van der Waals surface area (Å²) in [6, 6.07) is 13.4. The van der Waals surface area contributed by atoms with Crippen molar-refractivity contribution in [3.8, 4) is 11.3 Å². The molecule has 1 unspecified atom stereocenters. The molecule has 0 spiro atoms. The highest BCUT2D eigenvalue weighted by atomic mass is 35.7. The molecule has 1 fully saturated rings. The minimum Gasteiger partial charge on any atom is -0.311 e. The summed E-state index contributed by atoms with van der Waals surface area (Å²) in [4.78, 5) is 18.0. The maximum atomic E-state index is 12.1. The third-order valence-corrected chi connectivity index (χ3v) is 5.02. The predicted octanol–water partition coefficient (Wildman–Crippen LogP) is 2.67. The topological polar surface area (TPSA) is 67.3 Å². The van der Waals surface area contributed by atoms with E-state index in [1.54, 1.807) is 11.1 Å². The fourth-order valence-electron chi connectivity index (χ4n) is 2.75. The number of hydrogen-bond acceptors (Lipinski definition) is 4. The van der Waals surface area contributed by atoms with Crippen molar-refractivity contribution in [3.63, 3.8) is 0 Å². The Morgan fingerprint density at radius 2 is 1.91 bits per heavy atom. The van der Waals surface area contributed by atoms with Gasteiger partial charge in [0.25, 0.3) is 0 Å². The van der Waals surface area contributed by atoms with Crippen molar-refractivity contribution in [2.75, 3.05) is 17.2 Å². The first-order valence-electron chi connectivity index (χ1n) is 7.16. The van der Waals surface area contributed by atoms with Gasteiger partial charge >= 0.3 is 0 Å². The summed E-state index contributed by atoms with van der Waals surface area (Å²) >= 11 is 0. The lowest BCUT2D eigenvalue weighted by atomic mass is 10.1. The minimum atomic E-state index is -3.60. The molecule has 1 amide bonds. The Morgan fingerprint density at radius 3 is 2.52 bits per heavy atom. The molecule has 0 aliphatic carbocycles. The van der Waals surface area contributed by atoms with E-state index in [2.05, 4.69) is 4.98 Å². The second-order valence-electron chi connectivity index (χ2n) is 5.55. The van der Waals surface area contributed by atoms with Gasteiger partial charge in [-0.25, -0.2) is 8.42 Å². The number of anilines is 1. The van der Waals surface area contributed by atoms with Crippen molar-refractivity contribution in [3.05, 3.63) is 48.7 Å². The fraction of sp³-hybridized carbons (Fsp3) is 0.250. The van der Waals surface area contributed by atoms with Gasteiger partial charge in [-0.05, 0) is 12.1 Å². The van der Waals surface area contributed by atoms with Crippen LogP contribution in [0.2, 0.25) is 0 Å². The minimum absolute atomic E-state index is 0.107. The molecular formula is C16H15ClN2O3S. The van der Waals surface area contributed by atoms with Gasteiger partial charge in [-0.2, -0.15) is 0 Å². The Labute approximate surface area is 139 Å². The number of carbonyl (C=O) groups excluding carboxylic acids is 1. The van der Waals surface area contributed by atoms with E-state index in [1.165, 1.54) is 0 Å². The summed E-state index contributed by atoms with van der Waals surface area (Å²) in [5.74, 6) is -0.574. The molecule has 5 nitrogen and oxygen atoms in total. The van der Waals surface area contributed by atoms with Crippen LogP contribution in [0.25, 0.3) is 11.3 Å². The normalized spacial score (nSPS) is 18.4. The van der Waals surface area contributed by atoms with E-state index in [0.29, 0.717) is 12.2 Å². The van der Waals surface area contributed by atoms with E-state index >= 15 is 0 Å². The maximum absolute atomic E-state index is 12.1. The molecule has 1 aliphatic rings. The van der Waals surface area contributed by atoms with Gasteiger partial charge < -0.3 is 4.90 Å². The average molecular weight is 351 g/mol. The zero-order chi connectivity index (χ0) is 16.4. The first-order chi connectivity index (χ1) is 10.9. The predicted molar refractivity (Wildman–Crippen MR) is 89.8 cm³/mol. The number of pyridine rings is 1. The number of rotatable bonds is 4. The summed E-state index contributed by atoms with van der Waals surface area (Å²) in [7, 11) is 1.67. The molecule has 120 valence electrons. The maximum Gasteiger partial charge on any atom is 0.232 e. The van der Waals surface area contributed by atoms with Crippen molar-refractivity contribution in [2.45, 2.75) is 6.42 Å². The molecular weight excluding hydrogens is 336 g/mol. The second kappa shape index (κ2) is 6.29. The number of halogens is 1. The van der Waals surface area contributed by atoms with Crippen LogP contribution in [0.5, 0.6) is 0 Å². The molecule has 0 N–H and O–H groups in total. The highest BCUT2D eigenvalue weighted by Crippen LogP contribution is 2.27. The zero-order valence-corrected chi connectivity index (χ0v) is 13.8. The largest absolute Gasteiger partial charge is 0.311 e. The molecule has 1 aromatic heterocycles. The van der Waals surface area contributed by atoms with E-state index < -0.39 is 9.05 Å². The highest BCUT2D eigenvalue weighted by Gasteiger charge is 2.33. The van der Waals surface area contributed by atoms with Crippen LogP contribution >= 0.6 is 10.7 Å². The number of carbonyl (C=O) groups is 1. The number of nitrogens with zero attached hydrogens (tertiary/aromatic N) is 2. The Bertz CT molecular complexity index is 807. The van der Waals surface area contributed by atoms with Crippen LogP contribution in [-0.4, -0.2) is 31.6 Å². The molecule has 7 heteroatoms.